The number of hydrogen-bond acceptors (Lipinski definition) is 7. The Balaban J connectivity index is 1.16. The minimum Gasteiger partial charge on any atom is -0.373 e. The molecular formula is C29H24Cl2N4O4. The van der Waals surface area contributed by atoms with Gasteiger partial charge in [-0.15, -0.1) is 0 Å². The molecule has 39 heavy (non-hydrogen) atoms. The third kappa shape index (κ3) is 5.36. The molecule has 3 aromatic carbocycles. The number of anilines is 1. The zero-order chi connectivity index (χ0) is 26.8. The van der Waals surface area contributed by atoms with Crippen LogP contribution < -0.4 is 10.7 Å². The van der Waals surface area contributed by atoms with E-state index in [1.165, 1.54) is 0 Å². The fraction of sp³-hybridized carbons (Fsp3) is 0.207. The highest BCUT2D eigenvalue weighted by atomic mass is 35.5. The number of nitrogens with one attached hydrogen (secondary N) is 1. The molecule has 1 aliphatic rings. The number of nitrogens with zero attached hydrogens (tertiary/aromatic N) is 3. The number of halogens is 2. The third-order valence-electron chi connectivity index (χ3n) is 6.88. The van der Waals surface area contributed by atoms with Crippen molar-refractivity contribution in [2.45, 2.75) is 25.6 Å². The van der Waals surface area contributed by atoms with Crippen molar-refractivity contribution >= 4 is 28.9 Å². The lowest BCUT2D eigenvalue weighted by Gasteiger charge is -2.33. The molecule has 1 saturated heterocycles. The van der Waals surface area contributed by atoms with Crippen LogP contribution in [0.3, 0.4) is 0 Å². The molecule has 0 atom stereocenters. The summed E-state index contributed by atoms with van der Waals surface area (Å²) in [6.07, 6.45) is 1.81. The number of benzene rings is 3. The molecule has 10 heteroatoms. The van der Waals surface area contributed by atoms with Gasteiger partial charge in [-0.25, -0.2) is 4.79 Å². The molecule has 0 unspecified atom stereocenters. The molecule has 0 saturated carbocycles. The molecule has 3 heterocycles. The van der Waals surface area contributed by atoms with Crippen LogP contribution in [0.2, 0.25) is 10.0 Å². The summed E-state index contributed by atoms with van der Waals surface area (Å²) in [7, 11) is 0. The number of H-pyrrole nitrogens is 1. The van der Waals surface area contributed by atoms with Crippen molar-refractivity contribution in [2.24, 2.45) is 0 Å². The number of ether oxygens (including phenoxy) is 1. The Hall–Kier alpha value is -3.85. The van der Waals surface area contributed by atoms with Gasteiger partial charge in [-0.2, -0.15) is 0 Å². The molecule has 0 amide bonds. The van der Waals surface area contributed by atoms with Crippen LogP contribution in [0.25, 0.3) is 34.0 Å². The Bertz CT molecular complexity index is 1600. The monoisotopic (exact) mass is 562 g/mol. The molecule has 1 N–H and O–H groups in total. The van der Waals surface area contributed by atoms with E-state index < -0.39 is 5.76 Å². The average molecular weight is 563 g/mol. The van der Waals surface area contributed by atoms with Crippen molar-refractivity contribution in [1.82, 2.24) is 15.3 Å². The first-order valence-corrected chi connectivity index (χ1v) is 13.3. The number of aromatic nitrogens is 3. The number of rotatable bonds is 7. The number of piperidine rings is 1. The summed E-state index contributed by atoms with van der Waals surface area (Å²) in [6.45, 7) is 2.02. The molecule has 8 nitrogen and oxygen atoms in total. The van der Waals surface area contributed by atoms with Gasteiger partial charge in [0.25, 0.3) is 0 Å². The molecular weight excluding hydrogens is 539 g/mol. The van der Waals surface area contributed by atoms with E-state index in [0.29, 0.717) is 39.5 Å². The second kappa shape index (κ2) is 11.1. The summed E-state index contributed by atoms with van der Waals surface area (Å²) < 4.78 is 16.8. The summed E-state index contributed by atoms with van der Waals surface area (Å²) >= 11 is 13.0. The van der Waals surface area contributed by atoms with E-state index in [0.717, 1.165) is 48.3 Å². The van der Waals surface area contributed by atoms with Crippen molar-refractivity contribution in [3.63, 3.8) is 0 Å². The molecule has 0 aliphatic carbocycles. The predicted molar refractivity (Wildman–Crippen MR) is 150 cm³/mol. The van der Waals surface area contributed by atoms with Crippen molar-refractivity contribution in [3.8, 4) is 34.0 Å². The first-order chi connectivity index (χ1) is 19.1. The van der Waals surface area contributed by atoms with Crippen molar-refractivity contribution in [1.29, 1.82) is 0 Å². The lowest BCUT2D eigenvalue weighted by Crippen LogP contribution is -2.37. The molecule has 5 aromatic rings. The van der Waals surface area contributed by atoms with Gasteiger partial charge in [0.05, 0.1) is 28.3 Å². The van der Waals surface area contributed by atoms with Crippen LogP contribution in [-0.2, 0) is 11.3 Å². The Labute approximate surface area is 234 Å². The summed E-state index contributed by atoms with van der Waals surface area (Å²) in [5.41, 5.74) is 4.85. The maximum atomic E-state index is 11.2. The quantitative estimate of drug-likeness (QED) is 0.231. The van der Waals surface area contributed by atoms with Gasteiger partial charge in [0.15, 0.2) is 11.6 Å². The fourth-order valence-electron chi connectivity index (χ4n) is 4.85. The molecule has 198 valence electrons. The highest BCUT2D eigenvalue weighted by molar-refractivity contribution is 6.39. The van der Waals surface area contributed by atoms with Gasteiger partial charge in [-0.1, -0.05) is 69.9 Å². The molecule has 2 aromatic heterocycles. The minimum atomic E-state index is -0.569. The second-order valence-corrected chi connectivity index (χ2v) is 10.1. The van der Waals surface area contributed by atoms with Gasteiger partial charge < -0.3 is 14.2 Å². The van der Waals surface area contributed by atoms with Gasteiger partial charge >= 0.3 is 5.76 Å². The minimum absolute atomic E-state index is 0.0776. The highest BCUT2D eigenvalue weighted by Gasteiger charge is 2.26. The van der Waals surface area contributed by atoms with E-state index in [2.05, 4.69) is 24.7 Å². The lowest BCUT2D eigenvalue weighted by molar-refractivity contribution is 0.0254. The normalized spacial score (nSPS) is 14.2. The maximum Gasteiger partial charge on any atom is 0.439 e. The molecule has 0 radical (unpaired) electrons. The SMILES string of the molecule is O=c1[nH]c(-c2ccc(N3CCC(OCc4c(-c5c(Cl)cccc5Cl)noc4-c4ccccc4)CC3)cc2)no1. The lowest BCUT2D eigenvalue weighted by atomic mass is 10.0. The van der Waals surface area contributed by atoms with E-state index in [-0.39, 0.29) is 6.10 Å². The van der Waals surface area contributed by atoms with Crippen LogP contribution in [-0.4, -0.2) is 34.5 Å². The molecule has 0 spiro atoms. The van der Waals surface area contributed by atoms with E-state index in [1.54, 1.807) is 18.2 Å². The first kappa shape index (κ1) is 25.4. The summed E-state index contributed by atoms with van der Waals surface area (Å²) in [5.74, 6) is 0.493. The summed E-state index contributed by atoms with van der Waals surface area (Å²) in [6, 6.07) is 23.1. The van der Waals surface area contributed by atoms with Crippen molar-refractivity contribution in [3.05, 3.63) is 99.0 Å². The predicted octanol–water partition coefficient (Wildman–Crippen LogP) is 6.84. The first-order valence-electron chi connectivity index (χ1n) is 12.6. The fourth-order valence-corrected chi connectivity index (χ4v) is 5.42. The van der Waals surface area contributed by atoms with Crippen LogP contribution in [0.15, 0.2) is 86.6 Å². The van der Waals surface area contributed by atoms with E-state index in [9.17, 15) is 4.79 Å². The molecule has 1 fully saturated rings. The van der Waals surface area contributed by atoms with Gasteiger partial charge in [0.2, 0.25) is 0 Å². The Morgan fingerprint density at radius 1 is 0.872 bits per heavy atom. The zero-order valence-electron chi connectivity index (χ0n) is 20.8. The molecule has 0 bridgehead atoms. The zero-order valence-corrected chi connectivity index (χ0v) is 22.3. The summed E-state index contributed by atoms with van der Waals surface area (Å²) in [4.78, 5) is 16.1. The highest BCUT2D eigenvalue weighted by Crippen LogP contribution is 2.40. The molecule has 1 aliphatic heterocycles. The van der Waals surface area contributed by atoms with E-state index in [1.807, 2.05) is 54.6 Å². The number of aromatic amines is 1. The van der Waals surface area contributed by atoms with Gasteiger partial charge in [0, 0.05) is 35.5 Å². The van der Waals surface area contributed by atoms with Gasteiger partial charge in [0.1, 0.15) is 5.69 Å². The maximum absolute atomic E-state index is 11.2. The molecule has 6 rings (SSSR count). The Morgan fingerprint density at radius 2 is 1.59 bits per heavy atom. The third-order valence-corrected chi connectivity index (χ3v) is 7.51. The number of hydrogen-bond donors (Lipinski definition) is 1. The van der Waals surface area contributed by atoms with Gasteiger partial charge in [-0.3, -0.25) is 9.51 Å². The van der Waals surface area contributed by atoms with Crippen LogP contribution in [0, 0.1) is 0 Å². The van der Waals surface area contributed by atoms with Crippen molar-refractivity contribution in [2.75, 3.05) is 18.0 Å². The Morgan fingerprint density at radius 3 is 2.26 bits per heavy atom. The average Bonchev–Trinajstić information content (AvgIpc) is 3.59. The second-order valence-electron chi connectivity index (χ2n) is 9.29. The standard InChI is InChI=1S/C29H24Cl2N4O4/c30-23-7-4-8-24(31)25(23)26-22(27(38-33-26)18-5-2-1-3-6-18)17-37-21-13-15-35(16-14-21)20-11-9-19(10-12-20)28-32-29(36)39-34-28/h1-12,21H,13-17H2,(H,32,34,36). The summed E-state index contributed by atoms with van der Waals surface area (Å²) in [5, 5.41) is 9.12. The van der Waals surface area contributed by atoms with E-state index in [4.69, 9.17) is 32.5 Å². The topological polar surface area (TPSA) is 97.4 Å². The smallest absolute Gasteiger partial charge is 0.373 e. The van der Waals surface area contributed by atoms with Crippen LogP contribution in [0.4, 0.5) is 5.69 Å². The van der Waals surface area contributed by atoms with Crippen LogP contribution in [0.5, 0.6) is 0 Å². The van der Waals surface area contributed by atoms with Crippen LogP contribution >= 0.6 is 23.2 Å². The van der Waals surface area contributed by atoms with Gasteiger partial charge in [-0.05, 0) is 49.2 Å². The van der Waals surface area contributed by atoms with Crippen LogP contribution in [0.1, 0.15) is 18.4 Å². The van der Waals surface area contributed by atoms with E-state index >= 15 is 0 Å². The van der Waals surface area contributed by atoms with Crippen molar-refractivity contribution < 1.29 is 13.8 Å². The largest absolute Gasteiger partial charge is 0.439 e. The Kier molecular flexibility index (Phi) is 7.24.